The molecule has 1 amide bonds. The van der Waals surface area contributed by atoms with E-state index >= 15 is 0 Å². The number of nitrogens with zero attached hydrogens (tertiary/aromatic N) is 2. The van der Waals surface area contributed by atoms with Crippen molar-refractivity contribution >= 4 is 11.9 Å². The smallest absolute Gasteiger partial charge is 0.311 e. The number of fused-ring (bicyclic) bond motifs is 2. The minimum absolute atomic E-state index is 0.138. The van der Waals surface area contributed by atoms with Crippen molar-refractivity contribution in [1.82, 2.24) is 9.47 Å². The minimum Gasteiger partial charge on any atom is -0.420 e. The lowest BCUT2D eigenvalue weighted by Crippen LogP contribution is -2.60. The van der Waals surface area contributed by atoms with E-state index in [0.717, 1.165) is 12.8 Å². The monoisotopic (exact) mass is 334 g/mol. The summed E-state index contributed by atoms with van der Waals surface area (Å²) in [6.45, 7) is 2.89. The van der Waals surface area contributed by atoms with Crippen molar-refractivity contribution in [3.8, 4) is 5.75 Å². The fourth-order valence-corrected chi connectivity index (χ4v) is 3.86. The number of hydrogen-bond donors (Lipinski definition) is 0. The Kier molecular flexibility index (Phi) is 4.21. The third kappa shape index (κ3) is 2.53. The van der Waals surface area contributed by atoms with E-state index in [0.29, 0.717) is 19.1 Å². The van der Waals surface area contributed by atoms with E-state index in [2.05, 4.69) is 0 Å². The number of pyridine rings is 1. The summed E-state index contributed by atoms with van der Waals surface area (Å²) < 4.78 is 12.3. The predicted octanol–water partition coefficient (Wildman–Crippen LogP) is 1.00. The van der Waals surface area contributed by atoms with Crippen LogP contribution in [0.25, 0.3) is 0 Å². The molecule has 0 aromatic carbocycles. The van der Waals surface area contributed by atoms with Crippen LogP contribution >= 0.6 is 0 Å². The van der Waals surface area contributed by atoms with Gasteiger partial charge < -0.3 is 18.9 Å². The second-order valence-corrected chi connectivity index (χ2v) is 6.67. The number of aromatic nitrogens is 1. The average Bonchev–Trinajstić information content (AvgIpc) is 2.52. The molecule has 1 aliphatic heterocycles. The molecular formula is C17H22N2O5. The Labute approximate surface area is 140 Å². The van der Waals surface area contributed by atoms with Crippen LogP contribution in [0.3, 0.4) is 0 Å². The zero-order chi connectivity index (χ0) is 17.5. The predicted molar refractivity (Wildman–Crippen MR) is 86.2 cm³/mol. The molecule has 1 fully saturated rings. The zero-order valence-corrected chi connectivity index (χ0v) is 14.2. The van der Waals surface area contributed by atoms with Gasteiger partial charge in [-0.2, -0.15) is 0 Å². The van der Waals surface area contributed by atoms with Crippen LogP contribution in [-0.2, 0) is 15.1 Å². The third-order valence-electron chi connectivity index (χ3n) is 4.89. The molecular weight excluding hydrogens is 312 g/mol. The van der Waals surface area contributed by atoms with Crippen LogP contribution < -0.4 is 10.2 Å². The molecule has 130 valence electrons. The first kappa shape index (κ1) is 16.7. The Morgan fingerprint density at radius 3 is 2.71 bits per heavy atom. The van der Waals surface area contributed by atoms with Gasteiger partial charge in [0.25, 0.3) is 5.91 Å². The molecule has 0 N–H and O–H groups in total. The van der Waals surface area contributed by atoms with Gasteiger partial charge in [0, 0.05) is 46.0 Å². The van der Waals surface area contributed by atoms with Crippen LogP contribution in [0.15, 0.2) is 17.1 Å². The van der Waals surface area contributed by atoms with Crippen molar-refractivity contribution in [2.75, 3.05) is 27.3 Å². The minimum atomic E-state index is -0.526. The van der Waals surface area contributed by atoms with Gasteiger partial charge in [0.1, 0.15) is 0 Å². The Bertz CT molecular complexity index is 733. The number of amides is 1. The van der Waals surface area contributed by atoms with Gasteiger partial charge in [0.2, 0.25) is 11.2 Å². The van der Waals surface area contributed by atoms with Gasteiger partial charge in [-0.3, -0.25) is 14.4 Å². The highest BCUT2D eigenvalue weighted by atomic mass is 16.5. The number of rotatable bonds is 4. The maximum Gasteiger partial charge on any atom is 0.311 e. The van der Waals surface area contributed by atoms with Crippen molar-refractivity contribution < 1.29 is 19.1 Å². The van der Waals surface area contributed by atoms with Crippen molar-refractivity contribution in [3.63, 3.8) is 0 Å². The van der Waals surface area contributed by atoms with E-state index in [1.807, 2.05) is 4.57 Å². The highest BCUT2D eigenvalue weighted by Crippen LogP contribution is 2.47. The van der Waals surface area contributed by atoms with Crippen molar-refractivity contribution in [2.24, 2.45) is 5.92 Å². The van der Waals surface area contributed by atoms with Crippen LogP contribution in [0.4, 0.5) is 0 Å². The summed E-state index contributed by atoms with van der Waals surface area (Å²) in [7, 11) is 3.38. The molecule has 1 aliphatic carbocycles. The quantitative estimate of drug-likeness (QED) is 0.768. The largest absolute Gasteiger partial charge is 0.420 e. The lowest BCUT2D eigenvalue weighted by molar-refractivity contribution is -0.134. The molecule has 7 heteroatoms. The molecule has 1 aromatic heterocycles. The molecule has 24 heavy (non-hydrogen) atoms. The maximum atomic E-state index is 12.6. The second kappa shape index (κ2) is 6.05. The van der Waals surface area contributed by atoms with Crippen LogP contribution in [0, 0.1) is 5.92 Å². The summed E-state index contributed by atoms with van der Waals surface area (Å²) in [6.07, 6.45) is 3.50. The molecule has 0 saturated heterocycles. The van der Waals surface area contributed by atoms with Crippen molar-refractivity contribution in [2.45, 2.75) is 31.7 Å². The Hall–Kier alpha value is -2.15. The molecule has 1 saturated carbocycles. The first-order valence-corrected chi connectivity index (χ1v) is 8.13. The molecule has 0 unspecified atom stereocenters. The van der Waals surface area contributed by atoms with Gasteiger partial charge in [0.05, 0.1) is 5.54 Å². The second-order valence-electron chi connectivity index (χ2n) is 6.67. The van der Waals surface area contributed by atoms with Crippen molar-refractivity contribution in [3.05, 3.63) is 28.2 Å². The van der Waals surface area contributed by atoms with E-state index in [4.69, 9.17) is 9.47 Å². The number of carbonyl (C=O) groups excluding carboxylic acids is 2. The summed E-state index contributed by atoms with van der Waals surface area (Å²) in [5, 5.41) is 0. The molecule has 1 spiro atoms. The van der Waals surface area contributed by atoms with Gasteiger partial charge in [-0.1, -0.05) is 6.92 Å². The Balaban J connectivity index is 2.06. The van der Waals surface area contributed by atoms with Gasteiger partial charge >= 0.3 is 5.97 Å². The van der Waals surface area contributed by atoms with Crippen LogP contribution in [0.1, 0.15) is 36.7 Å². The molecule has 2 heterocycles. The summed E-state index contributed by atoms with van der Waals surface area (Å²) in [5.74, 6) is -0.560. The van der Waals surface area contributed by atoms with Gasteiger partial charge in [-0.05, 0) is 18.8 Å². The topological polar surface area (TPSA) is 77.8 Å². The maximum absolute atomic E-state index is 12.6. The Morgan fingerprint density at radius 2 is 2.08 bits per heavy atom. The number of hydrogen-bond acceptors (Lipinski definition) is 5. The third-order valence-corrected chi connectivity index (χ3v) is 4.89. The van der Waals surface area contributed by atoms with Crippen LogP contribution in [0.5, 0.6) is 5.75 Å². The lowest BCUT2D eigenvalue weighted by Gasteiger charge is -2.54. The highest BCUT2D eigenvalue weighted by molar-refractivity contribution is 5.96. The first-order valence-electron chi connectivity index (χ1n) is 8.13. The highest BCUT2D eigenvalue weighted by Gasteiger charge is 2.51. The summed E-state index contributed by atoms with van der Waals surface area (Å²) >= 11 is 0. The fourth-order valence-electron chi connectivity index (χ4n) is 3.86. The van der Waals surface area contributed by atoms with Crippen LogP contribution in [0.2, 0.25) is 0 Å². The summed E-state index contributed by atoms with van der Waals surface area (Å²) in [6, 6.07) is 1.37. The summed E-state index contributed by atoms with van der Waals surface area (Å²) in [4.78, 5) is 38.1. The normalized spacial score (nSPS) is 25.4. The zero-order valence-electron chi connectivity index (χ0n) is 14.2. The summed E-state index contributed by atoms with van der Waals surface area (Å²) in [5.41, 5.74) is -0.536. The van der Waals surface area contributed by atoms with Crippen molar-refractivity contribution in [1.29, 1.82) is 0 Å². The van der Waals surface area contributed by atoms with Gasteiger partial charge in [0.15, 0.2) is 5.69 Å². The molecule has 0 bridgehead atoms. The number of ether oxygens (including phenoxy) is 2. The average molecular weight is 334 g/mol. The number of carbonyl (C=O) groups is 2. The number of likely N-dealkylation sites (N-methyl/N-ethyl adjacent to an activating group) is 1. The molecule has 2 aliphatic rings. The van der Waals surface area contributed by atoms with E-state index in [1.54, 1.807) is 32.2 Å². The molecule has 7 nitrogen and oxygen atoms in total. The molecule has 0 radical (unpaired) electrons. The Morgan fingerprint density at radius 1 is 1.38 bits per heavy atom. The standard InChI is InChI=1S/C17H22N2O5/c1-4-13(21)24-15-12(20)5-6-19-14(15)16(22)18(2)10-17(19)7-11(8-17)9-23-3/h5-6,11H,4,7-10H2,1-3H3. The van der Waals surface area contributed by atoms with Gasteiger partial charge in [-0.25, -0.2) is 0 Å². The lowest BCUT2D eigenvalue weighted by atomic mass is 9.67. The number of methoxy groups -OCH3 is 1. The SMILES string of the molecule is CCC(=O)Oc1c2n(ccc1=O)C1(CC(COC)C1)CN(C)C2=O. The molecule has 1 aromatic rings. The fraction of sp³-hybridized carbons (Fsp3) is 0.588. The van der Waals surface area contributed by atoms with E-state index in [-0.39, 0.29) is 29.3 Å². The van der Waals surface area contributed by atoms with E-state index < -0.39 is 11.4 Å². The molecule has 0 atom stereocenters. The van der Waals surface area contributed by atoms with E-state index in [9.17, 15) is 14.4 Å². The molecule has 3 rings (SSSR count). The number of esters is 1. The first-order chi connectivity index (χ1) is 11.4. The van der Waals surface area contributed by atoms with E-state index in [1.165, 1.54) is 6.07 Å². The van der Waals surface area contributed by atoms with Crippen LogP contribution in [-0.4, -0.2) is 48.7 Å². The van der Waals surface area contributed by atoms with Gasteiger partial charge in [-0.15, -0.1) is 0 Å².